The number of carbonyl (C=O) groups excluding carboxylic acids is 1. The van der Waals surface area contributed by atoms with E-state index in [2.05, 4.69) is 60.0 Å². The summed E-state index contributed by atoms with van der Waals surface area (Å²) in [6.07, 6.45) is 5.92. The van der Waals surface area contributed by atoms with Crippen molar-refractivity contribution in [1.82, 2.24) is 15.1 Å². The molecule has 0 radical (unpaired) electrons. The lowest BCUT2D eigenvalue weighted by atomic mass is 9.95. The van der Waals surface area contributed by atoms with E-state index in [4.69, 9.17) is 0 Å². The lowest BCUT2D eigenvalue weighted by molar-refractivity contribution is -0.122. The zero-order chi connectivity index (χ0) is 19.7. The van der Waals surface area contributed by atoms with Gasteiger partial charge in [-0.1, -0.05) is 44.2 Å². The van der Waals surface area contributed by atoms with Crippen molar-refractivity contribution in [2.75, 3.05) is 0 Å². The molecule has 1 fully saturated rings. The van der Waals surface area contributed by atoms with Gasteiger partial charge in [0.1, 0.15) is 0 Å². The molecule has 4 rings (SSSR count). The lowest BCUT2D eigenvalue weighted by Crippen LogP contribution is -2.30. The summed E-state index contributed by atoms with van der Waals surface area (Å²) in [4.78, 5) is 14.1. The molecule has 1 aliphatic carbocycles. The van der Waals surface area contributed by atoms with Gasteiger partial charge in [-0.25, -0.2) is 0 Å². The zero-order valence-corrected chi connectivity index (χ0v) is 17.4. The lowest BCUT2D eigenvalue weighted by Gasteiger charge is -2.19. The van der Waals surface area contributed by atoms with Gasteiger partial charge in [0.15, 0.2) is 0 Å². The smallest absolute Gasteiger partial charge is 0.224 e. The van der Waals surface area contributed by atoms with Gasteiger partial charge in [-0.15, -0.1) is 11.3 Å². The average molecular weight is 394 g/mol. The zero-order valence-electron chi connectivity index (χ0n) is 16.6. The summed E-state index contributed by atoms with van der Waals surface area (Å²) < 4.78 is 1.80. The summed E-state index contributed by atoms with van der Waals surface area (Å²) in [5.74, 6) is 1.03. The van der Waals surface area contributed by atoms with Gasteiger partial charge in [0.25, 0.3) is 0 Å². The molecule has 1 saturated carbocycles. The highest BCUT2D eigenvalue weighted by atomic mass is 32.1. The van der Waals surface area contributed by atoms with Crippen molar-refractivity contribution in [2.24, 2.45) is 13.0 Å². The summed E-state index contributed by atoms with van der Waals surface area (Å²) in [5.41, 5.74) is 3.65. The van der Waals surface area contributed by atoms with Crippen LogP contribution in [0.5, 0.6) is 0 Å². The van der Waals surface area contributed by atoms with Crippen LogP contribution in [0.15, 0.2) is 54.2 Å². The molecule has 0 spiro atoms. The number of carbonyl (C=O) groups is 1. The number of nitrogens with one attached hydrogen (secondary N) is 1. The van der Waals surface area contributed by atoms with Crippen LogP contribution in [0.2, 0.25) is 0 Å². The fourth-order valence-corrected chi connectivity index (χ4v) is 4.56. The average Bonchev–Trinajstić information content (AvgIpc) is 3.10. The number of hydrogen-bond acceptors (Lipinski definition) is 3. The second kappa shape index (κ2) is 7.92. The first-order valence-electron chi connectivity index (χ1n) is 9.99. The molecule has 4 unspecified atom stereocenters. The van der Waals surface area contributed by atoms with Gasteiger partial charge < -0.3 is 5.32 Å². The van der Waals surface area contributed by atoms with Crippen molar-refractivity contribution < 1.29 is 4.79 Å². The van der Waals surface area contributed by atoms with Crippen molar-refractivity contribution in [3.8, 4) is 0 Å². The minimum atomic E-state index is -0.0892. The Kier molecular flexibility index (Phi) is 5.36. The van der Waals surface area contributed by atoms with Crippen molar-refractivity contribution >= 4 is 17.2 Å². The first-order chi connectivity index (χ1) is 13.6. The maximum absolute atomic E-state index is 13.0. The van der Waals surface area contributed by atoms with Gasteiger partial charge in [0.05, 0.1) is 12.2 Å². The van der Waals surface area contributed by atoms with E-state index in [-0.39, 0.29) is 17.9 Å². The summed E-state index contributed by atoms with van der Waals surface area (Å²) in [6.45, 7) is 4.46. The van der Waals surface area contributed by atoms with E-state index in [0.29, 0.717) is 11.8 Å². The van der Waals surface area contributed by atoms with Gasteiger partial charge in [-0.05, 0) is 52.8 Å². The number of hydrogen-bond donors (Lipinski definition) is 1. The van der Waals surface area contributed by atoms with E-state index >= 15 is 0 Å². The minimum Gasteiger partial charge on any atom is -0.344 e. The van der Waals surface area contributed by atoms with E-state index < -0.39 is 0 Å². The molecule has 1 amide bonds. The number of amides is 1. The molecule has 3 aromatic rings. The predicted molar refractivity (Wildman–Crippen MR) is 114 cm³/mol. The van der Waals surface area contributed by atoms with Crippen molar-refractivity contribution in [2.45, 2.75) is 44.6 Å². The van der Waals surface area contributed by atoms with E-state index in [1.807, 2.05) is 25.5 Å². The van der Waals surface area contributed by atoms with E-state index in [9.17, 15) is 4.79 Å². The van der Waals surface area contributed by atoms with Crippen LogP contribution in [-0.4, -0.2) is 15.7 Å². The van der Waals surface area contributed by atoms with Gasteiger partial charge >= 0.3 is 0 Å². The number of thiophene rings is 1. The van der Waals surface area contributed by atoms with Gasteiger partial charge in [0, 0.05) is 24.0 Å². The Labute approximate surface area is 170 Å². The molecule has 1 aromatic carbocycles. The second-order valence-corrected chi connectivity index (χ2v) is 8.81. The Morgan fingerprint density at radius 3 is 2.64 bits per heavy atom. The van der Waals surface area contributed by atoms with Crippen molar-refractivity contribution in [3.05, 3.63) is 75.7 Å². The first kappa shape index (κ1) is 18.9. The van der Waals surface area contributed by atoms with Crippen molar-refractivity contribution in [1.29, 1.82) is 0 Å². The Bertz CT molecular complexity index is 929. The van der Waals surface area contributed by atoms with Crippen LogP contribution in [0.4, 0.5) is 0 Å². The Balaban J connectivity index is 1.50. The molecule has 0 bridgehead atoms. The third-order valence-corrected chi connectivity index (χ3v) is 6.78. The summed E-state index contributed by atoms with van der Waals surface area (Å²) >= 11 is 1.69. The van der Waals surface area contributed by atoms with Crippen LogP contribution < -0.4 is 5.32 Å². The van der Waals surface area contributed by atoms with Crippen LogP contribution in [0.25, 0.3) is 0 Å². The fourth-order valence-electron chi connectivity index (χ4n) is 3.76. The van der Waals surface area contributed by atoms with E-state index in [1.54, 1.807) is 16.0 Å². The highest BCUT2D eigenvalue weighted by Gasteiger charge is 2.45. The standard InChI is InChI=1S/C23H27N3OS/c1-4-15(2)16-7-9-17(10-8-16)22(21-6-5-11-28-21)25-23(27)20-12-19(20)18-13-24-26(3)14-18/h5-11,13-15,19-20,22H,4,12H2,1-3H3,(H,25,27). The van der Waals surface area contributed by atoms with Crippen LogP contribution in [-0.2, 0) is 11.8 Å². The maximum atomic E-state index is 13.0. The molecule has 4 atom stereocenters. The topological polar surface area (TPSA) is 46.9 Å². The minimum absolute atomic E-state index is 0.0473. The van der Waals surface area contributed by atoms with Gasteiger partial charge in [-0.2, -0.15) is 5.10 Å². The molecule has 28 heavy (non-hydrogen) atoms. The third-order valence-electron chi connectivity index (χ3n) is 5.85. The quantitative estimate of drug-likeness (QED) is 0.614. The van der Waals surface area contributed by atoms with Crippen LogP contribution in [0, 0.1) is 5.92 Å². The molecule has 2 aromatic heterocycles. The van der Waals surface area contributed by atoms with Gasteiger partial charge in [0.2, 0.25) is 5.91 Å². The Morgan fingerprint density at radius 2 is 2.04 bits per heavy atom. The summed E-state index contributed by atoms with van der Waals surface area (Å²) in [6, 6.07) is 12.8. The Hall–Kier alpha value is -2.40. The van der Waals surface area contributed by atoms with E-state index in [1.165, 1.54) is 10.4 Å². The molecule has 4 nitrogen and oxygen atoms in total. The number of benzene rings is 1. The first-order valence-corrected chi connectivity index (χ1v) is 10.9. The fraction of sp³-hybridized carbons (Fsp3) is 0.391. The molecule has 0 saturated heterocycles. The van der Waals surface area contributed by atoms with Gasteiger partial charge in [-0.3, -0.25) is 9.48 Å². The molecular weight excluding hydrogens is 366 g/mol. The number of aromatic nitrogens is 2. The number of nitrogens with zero attached hydrogens (tertiary/aromatic N) is 2. The van der Waals surface area contributed by atoms with Crippen LogP contribution in [0.1, 0.15) is 66.1 Å². The largest absolute Gasteiger partial charge is 0.344 e. The molecule has 1 N–H and O–H groups in total. The maximum Gasteiger partial charge on any atom is 0.224 e. The third kappa shape index (κ3) is 3.90. The molecule has 1 aliphatic rings. The highest BCUT2D eigenvalue weighted by molar-refractivity contribution is 7.10. The number of rotatable bonds is 7. The van der Waals surface area contributed by atoms with Crippen molar-refractivity contribution in [3.63, 3.8) is 0 Å². The monoisotopic (exact) mass is 393 g/mol. The molecular formula is C23H27N3OS. The SMILES string of the molecule is CCC(C)c1ccc(C(NC(=O)C2CC2c2cnn(C)c2)c2cccs2)cc1. The predicted octanol–water partition coefficient (Wildman–Crippen LogP) is 5.00. The highest BCUT2D eigenvalue weighted by Crippen LogP contribution is 2.47. The molecule has 2 heterocycles. The second-order valence-electron chi connectivity index (χ2n) is 7.83. The molecule has 146 valence electrons. The number of aryl methyl sites for hydroxylation is 1. The summed E-state index contributed by atoms with van der Waals surface area (Å²) in [7, 11) is 1.91. The molecule has 5 heteroatoms. The van der Waals surface area contributed by atoms with Crippen LogP contribution in [0.3, 0.4) is 0 Å². The summed E-state index contributed by atoms with van der Waals surface area (Å²) in [5, 5.41) is 9.62. The van der Waals surface area contributed by atoms with Crippen LogP contribution >= 0.6 is 11.3 Å². The Morgan fingerprint density at radius 1 is 1.29 bits per heavy atom. The van der Waals surface area contributed by atoms with E-state index in [0.717, 1.165) is 24.0 Å². The normalized spacial score (nSPS) is 20.5. The molecule has 0 aliphatic heterocycles.